The lowest BCUT2D eigenvalue weighted by Crippen LogP contribution is -2.36. The number of fused-ring (bicyclic) bond motifs is 1. The number of rotatable bonds is 4. The first kappa shape index (κ1) is 19.9. The number of aromatic nitrogens is 4. The van der Waals surface area contributed by atoms with Crippen LogP contribution >= 0.6 is 0 Å². The fourth-order valence-corrected chi connectivity index (χ4v) is 3.41. The van der Waals surface area contributed by atoms with Gasteiger partial charge in [0.05, 0.1) is 36.4 Å². The molecule has 0 radical (unpaired) electrons. The molecule has 2 atom stereocenters. The monoisotopic (exact) mass is 416 g/mol. The molecule has 7 nitrogen and oxygen atoms in total. The number of amides is 1. The van der Waals surface area contributed by atoms with E-state index in [0.717, 1.165) is 16.6 Å². The van der Waals surface area contributed by atoms with Gasteiger partial charge in [-0.1, -0.05) is 30.3 Å². The van der Waals surface area contributed by atoms with Crippen molar-refractivity contribution in [2.45, 2.75) is 38.1 Å². The van der Waals surface area contributed by atoms with Crippen LogP contribution in [0.5, 0.6) is 0 Å². The second kappa shape index (κ2) is 7.77. The van der Waals surface area contributed by atoms with Crippen LogP contribution in [0, 0.1) is 6.92 Å². The van der Waals surface area contributed by atoms with Gasteiger partial charge in [-0.05, 0) is 12.5 Å². The number of hydrogen-bond acceptors (Lipinski definition) is 5. The number of nitrogens with zero attached hydrogens (tertiary/aromatic N) is 4. The van der Waals surface area contributed by atoms with Crippen LogP contribution in [0.2, 0.25) is 0 Å². The zero-order valence-corrected chi connectivity index (χ0v) is 16.0. The maximum absolute atomic E-state index is 13.7. The molecule has 1 aliphatic rings. The molecule has 0 fully saturated rings. The zero-order chi connectivity index (χ0) is 21.3. The van der Waals surface area contributed by atoms with Gasteiger partial charge >= 0.3 is 6.18 Å². The van der Waals surface area contributed by atoms with Crippen LogP contribution in [-0.2, 0) is 6.54 Å². The maximum atomic E-state index is 13.7. The van der Waals surface area contributed by atoms with E-state index in [1.165, 1.54) is 6.20 Å². The van der Waals surface area contributed by atoms with Gasteiger partial charge in [0.1, 0.15) is 11.4 Å². The summed E-state index contributed by atoms with van der Waals surface area (Å²) in [4.78, 5) is 20.9. The van der Waals surface area contributed by atoms with Crippen molar-refractivity contribution in [3.05, 3.63) is 71.4 Å². The van der Waals surface area contributed by atoms with Crippen molar-refractivity contribution in [2.24, 2.45) is 0 Å². The van der Waals surface area contributed by atoms with Crippen molar-refractivity contribution in [1.82, 2.24) is 25.1 Å². The van der Waals surface area contributed by atoms with Gasteiger partial charge in [-0.15, -0.1) is 0 Å². The fourth-order valence-electron chi connectivity index (χ4n) is 3.41. The molecule has 4 rings (SSSR count). The van der Waals surface area contributed by atoms with Crippen LogP contribution in [0.3, 0.4) is 0 Å². The van der Waals surface area contributed by atoms with E-state index in [9.17, 15) is 18.0 Å². The van der Waals surface area contributed by atoms with E-state index in [1.54, 1.807) is 43.5 Å². The summed E-state index contributed by atoms with van der Waals surface area (Å²) in [6.45, 7) is 1.89. The molecular weight excluding hydrogens is 397 g/mol. The molecule has 0 spiro atoms. The highest BCUT2D eigenvalue weighted by Crippen LogP contribution is 2.44. The molecule has 156 valence electrons. The minimum absolute atomic E-state index is 0.0462. The van der Waals surface area contributed by atoms with Gasteiger partial charge in [0.2, 0.25) is 0 Å². The van der Waals surface area contributed by atoms with Crippen LogP contribution < -0.4 is 10.6 Å². The van der Waals surface area contributed by atoms with Crippen LogP contribution in [0.4, 0.5) is 19.0 Å². The molecule has 3 aromatic rings. The van der Waals surface area contributed by atoms with Gasteiger partial charge in [0, 0.05) is 12.6 Å². The summed E-state index contributed by atoms with van der Waals surface area (Å²) in [5.74, 6) is -0.495. The van der Waals surface area contributed by atoms with Gasteiger partial charge in [0.15, 0.2) is 6.04 Å². The smallest absolute Gasteiger partial charge is 0.363 e. The molecule has 0 aliphatic carbocycles. The van der Waals surface area contributed by atoms with Gasteiger partial charge in [-0.2, -0.15) is 18.3 Å². The number of nitrogens with one attached hydrogen (secondary N) is 2. The number of anilines is 1. The highest BCUT2D eigenvalue weighted by Gasteiger charge is 2.47. The second-order valence-electron chi connectivity index (χ2n) is 7.08. The summed E-state index contributed by atoms with van der Waals surface area (Å²) in [5, 5.41) is 9.59. The van der Waals surface area contributed by atoms with Gasteiger partial charge < -0.3 is 10.6 Å². The van der Waals surface area contributed by atoms with Crippen LogP contribution in [-0.4, -0.2) is 31.8 Å². The first-order valence-electron chi connectivity index (χ1n) is 9.34. The Labute approximate surface area is 170 Å². The quantitative estimate of drug-likeness (QED) is 0.679. The molecule has 10 heteroatoms. The van der Waals surface area contributed by atoms with E-state index in [-0.39, 0.29) is 24.3 Å². The Hall–Kier alpha value is -3.43. The molecule has 0 bridgehead atoms. The number of alkyl halides is 3. The Morgan fingerprint density at radius 1 is 1.20 bits per heavy atom. The van der Waals surface area contributed by atoms with E-state index in [0.29, 0.717) is 11.3 Å². The van der Waals surface area contributed by atoms with Crippen LogP contribution in [0.25, 0.3) is 0 Å². The molecule has 30 heavy (non-hydrogen) atoms. The van der Waals surface area contributed by atoms with E-state index >= 15 is 0 Å². The van der Waals surface area contributed by atoms with Gasteiger partial charge in [-0.25, -0.2) is 4.68 Å². The maximum Gasteiger partial charge on any atom is 0.410 e. The molecule has 1 amide bonds. The summed E-state index contributed by atoms with van der Waals surface area (Å²) >= 11 is 0. The molecule has 1 aromatic carbocycles. The number of carbonyl (C=O) groups excluding carboxylic acids is 1. The Bertz CT molecular complexity index is 1030. The topological polar surface area (TPSA) is 84.7 Å². The molecule has 2 aromatic heterocycles. The minimum Gasteiger partial charge on any atom is -0.363 e. The Kier molecular flexibility index (Phi) is 5.15. The number of halogens is 3. The van der Waals surface area contributed by atoms with E-state index in [4.69, 9.17) is 0 Å². The molecule has 3 heterocycles. The summed E-state index contributed by atoms with van der Waals surface area (Å²) in [5.41, 5.74) is 2.04. The molecule has 2 N–H and O–H groups in total. The number of hydrogen-bond donors (Lipinski definition) is 2. The van der Waals surface area contributed by atoms with Gasteiger partial charge in [-0.3, -0.25) is 14.8 Å². The lowest BCUT2D eigenvalue weighted by atomic mass is 9.96. The number of aryl methyl sites for hydroxylation is 1. The first-order valence-corrected chi connectivity index (χ1v) is 9.34. The largest absolute Gasteiger partial charge is 0.410 e. The highest BCUT2D eigenvalue weighted by atomic mass is 19.4. The molecule has 1 aliphatic heterocycles. The zero-order valence-electron chi connectivity index (χ0n) is 16.0. The average Bonchev–Trinajstić information content (AvgIpc) is 3.16. The third kappa shape index (κ3) is 3.98. The predicted octanol–water partition coefficient (Wildman–Crippen LogP) is 3.57. The lowest BCUT2D eigenvalue weighted by molar-refractivity contribution is -0.173. The highest BCUT2D eigenvalue weighted by molar-refractivity contribution is 5.98. The SMILES string of the molecule is Cc1cnc(CNC(=O)c2cnn3c2NC(c2ccccc2)C[C@H]3C(F)(F)F)cn1. The predicted molar refractivity (Wildman–Crippen MR) is 103 cm³/mol. The number of benzene rings is 1. The Balaban J connectivity index is 1.60. The molecule has 0 saturated heterocycles. The number of carbonyl (C=O) groups is 1. The van der Waals surface area contributed by atoms with E-state index in [1.807, 2.05) is 0 Å². The summed E-state index contributed by atoms with van der Waals surface area (Å²) in [7, 11) is 0. The summed E-state index contributed by atoms with van der Waals surface area (Å²) in [6, 6.07) is 6.41. The Morgan fingerprint density at radius 2 is 1.97 bits per heavy atom. The average molecular weight is 416 g/mol. The van der Waals surface area contributed by atoms with Crippen molar-refractivity contribution < 1.29 is 18.0 Å². The molecule has 0 saturated carbocycles. The third-order valence-electron chi connectivity index (χ3n) is 4.95. The van der Waals surface area contributed by atoms with Crippen molar-refractivity contribution in [1.29, 1.82) is 0 Å². The van der Waals surface area contributed by atoms with Crippen molar-refractivity contribution in [3.8, 4) is 0 Å². The van der Waals surface area contributed by atoms with Gasteiger partial charge in [0.25, 0.3) is 5.91 Å². The summed E-state index contributed by atoms with van der Waals surface area (Å²) < 4.78 is 42.0. The molecule has 1 unspecified atom stereocenters. The lowest BCUT2D eigenvalue weighted by Gasteiger charge is -2.34. The summed E-state index contributed by atoms with van der Waals surface area (Å²) in [6.07, 6.45) is -0.455. The normalized spacial score (nSPS) is 18.4. The second-order valence-corrected chi connectivity index (χ2v) is 7.08. The molecular formula is C20H19F3N6O. The minimum atomic E-state index is -4.50. The van der Waals surface area contributed by atoms with E-state index in [2.05, 4.69) is 25.7 Å². The van der Waals surface area contributed by atoms with Crippen LogP contribution in [0.15, 0.2) is 48.9 Å². The first-order chi connectivity index (χ1) is 14.3. The Morgan fingerprint density at radius 3 is 2.63 bits per heavy atom. The third-order valence-corrected chi connectivity index (χ3v) is 4.95. The standard InChI is InChI=1S/C20H19F3N6O/c1-12-8-25-14(9-24-12)10-26-19(30)15-11-27-29-17(20(21,22)23)7-16(28-18(15)29)13-5-3-2-4-6-13/h2-6,8-9,11,16-17,28H,7,10H2,1H3,(H,26,30)/t16?,17-/m0/s1. The van der Waals surface area contributed by atoms with Crippen LogP contribution in [0.1, 0.15) is 45.8 Å². The van der Waals surface area contributed by atoms with Crippen molar-refractivity contribution >= 4 is 11.7 Å². The fraction of sp³-hybridized carbons (Fsp3) is 0.300. The van der Waals surface area contributed by atoms with Crippen molar-refractivity contribution in [2.75, 3.05) is 5.32 Å². The van der Waals surface area contributed by atoms with E-state index < -0.39 is 24.2 Å². The van der Waals surface area contributed by atoms with Crippen molar-refractivity contribution in [3.63, 3.8) is 0 Å².